The molecular weight excluding hydrogens is 224 g/mol. The zero-order chi connectivity index (χ0) is 10.8. The van der Waals surface area contributed by atoms with Crippen LogP contribution in [0.2, 0.25) is 0 Å². The van der Waals surface area contributed by atoms with Gasteiger partial charge in [-0.1, -0.05) is 6.92 Å². The first kappa shape index (κ1) is 13.8. The average molecular weight is 247 g/mol. The molecule has 2 aliphatic rings. The molecule has 1 N–H and O–H groups in total. The van der Waals surface area contributed by atoms with Crippen LogP contribution >= 0.6 is 12.4 Å². The van der Waals surface area contributed by atoms with Crippen molar-refractivity contribution >= 4 is 18.3 Å². The predicted molar refractivity (Wildman–Crippen MR) is 67.8 cm³/mol. The molecule has 3 nitrogen and oxygen atoms in total. The maximum atomic E-state index is 12.3. The number of hydrogen-bond acceptors (Lipinski definition) is 2. The van der Waals surface area contributed by atoms with Gasteiger partial charge in [-0.2, -0.15) is 0 Å². The first-order chi connectivity index (χ1) is 7.18. The Labute approximate surface area is 104 Å². The van der Waals surface area contributed by atoms with Gasteiger partial charge in [0.1, 0.15) is 0 Å². The second-order valence-electron chi connectivity index (χ2n) is 5.20. The van der Waals surface area contributed by atoms with Gasteiger partial charge in [-0.15, -0.1) is 12.4 Å². The summed E-state index contributed by atoms with van der Waals surface area (Å²) in [5, 5.41) is 3.31. The van der Waals surface area contributed by atoms with Crippen molar-refractivity contribution in [3.8, 4) is 0 Å². The summed E-state index contributed by atoms with van der Waals surface area (Å²) in [6, 6.07) is 0.461. The highest BCUT2D eigenvalue weighted by Gasteiger charge is 2.33. The van der Waals surface area contributed by atoms with Crippen LogP contribution < -0.4 is 5.32 Å². The van der Waals surface area contributed by atoms with Crippen molar-refractivity contribution in [2.75, 3.05) is 19.6 Å². The molecule has 2 atom stereocenters. The van der Waals surface area contributed by atoms with Crippen LogP contribution in [0.1, 0.15) is 33.1 Å². The summed E-state index contributed by atoms with van der Waals surface area (Å²) >= 11 is 0. The van der Waals surface area contributed by atoms with Gasteiger partial charge in [0.2, 0.25) is 5.91 Å². The molecule has 0 radical (unpaired) electrons. The van der Waals surface area contributed by atoms with Crippen molar-refractivity contribution in [1.82, 2.24) is 10.2 Å². The van der Waals surface area contributed by atoms with Gasteiger partial charge in [0.25, 0.3) is 0 Å². The van der Waals surface area contributed by atoms with Gasteiger partial charge in [0.05, 0.1) is 0 Å². The molecule has 0 aromatic heterocycles. The van der Waals surface area contributed by atoms with E-state index >= 15 is 0 Å². The van der Waals surface area contributed by atoms with Crippen LogP contribution in [0, 0.1) is 11.8 Å². The molecule has 1 amide bonds. The summed E-state index contributed by atoms with van der Waals surface area (Å²) < 4.78 is 0. The van der Waals surface area contributed by atoms with E-state index in [9.17, 15) is 4.79 Å². The SMILES string of the molecule is CC1CC(C)N(C(=O)C2CCNCC2)C1.Cl. The maximum absolute atomic E-state index is 12.3. The standard InChI is InChI=1S/C12H22N2O.ClH/c1-9-7-10(2)14(8-9)12(15)11-3-5-13-6-4-11;/h9-11,13H,3-8H2,1-2H3;1H. The summed E-state index contributed by atoms with van der Waals surface area (Å²) in [5.74, 6) is 1.39. The fourth-order valence-electron chi connectivity index (χ4n) is 2.91. The Morgan fingerprint density at radius 1 is 1.25 bits per heavy atom. The molecule has 0 saturated carbocycles. The molecule has 4 heteroatoms. The van der Waals surface area contributed by atoms with E-state index in [0.29, 0.717) is 23.8 Å². The smallest absolute Gasteiger partial charge is 0.226 e. The van der Waals surface area contributed by atoms with Crippen LogP contribution in [0.4, 0.5) is 0 Å². The van der Waals surface area contributed by atoms with Crippen LogP contribution in [0.3, 0.4) is 0 Å². The van der Waals surface area contributed by atoms with Crippen molar-refractivity contribution in [3.63, 3.8) is 0 Å². The van der Waals surface area contributed by atoms with Crippen LogP contribution in [0.15, 0.2) is 0 Å². The van der Waals surface area contributed by atoms with Gasteiger partial charge >= 0.3 is 0 Å². The molecule has 2 saturated heterocycles. The van der Waals surface area contributed by atoms with E-state index < -0.39 is 0 Å². The molecule has 0 bridgehead atoms. The zero-order valence-corrected chi connectivity index (χ0v) is 11.1. The van der Waals surface area contributed by atoms with Crippen LogP contribution in [-0.2, 0) is 4.79 Å². The zero-order valence-electron chi connectivity index (χ0n) is 10.2. The second kappa shape index (κ2) is 5.87. The molecule has 2 unspecified atom stereocenters. The van der Waals surface area contributed by atoms with Crippen molar-refractivity contribution in [2.45, 2.75) is 39.2 Å². The number of carbonyl (C=O) groups excluding carboxylic acids is 1. The highest BCUT2D eigenvalue weighted by Crippen LogP contribution is 2.26. The number of amides is 1. The molecule has 0 aromatic rings. The summed E-state index contributed by atoms with van der Waals surface area (Å²) in [4.78, 5) is 14.4. The lowest BCUT2D eigenvalue weighted by atomic mass is 9.96. The molecule has 2 rings (SSSR count). The van der Waals surface area contributed by atoms with Crippen molar-refractivity contribution < 1.29 is 4.79 Å². The van der Waals surface area contributed by atoms with E-state index in [1.807, 2.05) is 0 Å². The number of halogens is 1. The number of hydrogen-bond donors (Lipinski definition) is 1. The molecule has 94 valence electrons. The van der Waals surface area contributed by atoms with Gasteiger partial charge in [0.15, 0.2) is 0 Å². The lowest BCUT2D eigenvalue weighted by Crippen LogP contribution is -2.42. The Hall–Kier alpha value is -0.280. The highest BCUT2D eigenvalue weighted by molar-refractivity contribution is 5.85. The lowest BCUT2D eigenvalue weighted by Gasteiger charge is -2.29. The summed E-state index contributed by atoms with van der Waals surface area (Å²) in [7, 11) is 0. The molecule has 0 spiro atoms. The lowest BCUT2D eigenvalue weighted by molar-refractivity contribution is -0.137. The Morgan fingerprint density at radius 3 is 2.38 bits per heavy atom. The average Bonchev–Trinajstić information content (AvgIpc) is 2.58. The normalized spacial score (nSPS) is 31.2. The Bertz CT molecular complexity index is 241. The summed E-state index contributed by atoms with van der Waals surface area (Å²) in [5.41, 5.74) is 0. The Morgan fingerprint density at radius 2 is 1.88 bits per heavy atom. The van der Waals surface area contributed by atoms with E-state index in [1.165, 1.54) is 6.42 Å². The van der Waals surface area contributed by atoms with Crippen molar-refractivity contribution in [2.24, 2.45) is 11.8 Å². The number of carbonyl (C=O) groups is 1. The Balaban J connectivity index is 0.00000128. The number of likely N-dealkylation sites (tertiary alicyclic amines) is 1. The number of nitrogens with zero attached hydrogens (tertiary/aromatic N) is 1. The minimum absolute atomic E-state index is 0. The fraction of sp³-hybridized carbons (Fsp3) is 0.917. The second-order valence-corrected chi connectivity index (χ2v) is 5.20. The molecule has 2 aliphatic heterocycles. The van der Waals surface area contributed by atoms with Gasteiger partial charge in [-0.3, -0.25) is 4.79 Å². The fourth-order valence-corrected chi connectivity index (χ4v) is 2.91. The maximum Gasteiger partial charge on any atom is 0.226 e. The van der Waals surface area contributed by atoms with Gasteiger partial charge in [-0.05, 0) is 45.2 Å². The first-order valence-corrected chi connectivity index (χ1v) is 6.19. The Kier molecular flexibility index (Phi) is 5.06. The molecule has 16 heavy (non-hydrogen) atoms. The molecule has 0 aliphatic carbocycles. The van der Waals surface area contributed by atoms with Crippen LogP contribution in [-0.4, -0.2) is 36.5 Å². The number of rotatable bonds is 1. The topological polar surface area (TPSA) is 32.3 Å². The van der Waals surface area contributed by atoms with Crippen LogP contribution in [0.25, 0.3) is 0 Å². The highest BCUT2D eigenvalue weighted by atomic mass is 35.5. The van der Waals surface area contributed by atoms with E-state index in [0.717, 1.165) is 32.5 Å². The van der Waals surface area contributed by atoms with Crippen molar-refractivity contribution in [1.29, 1.82) is 0 Å². The molecule has 2 heterocycles. The van der Waals surface area contributed by atoms with E-state index in [1.54, 1.807) is 0 Å². The third-order valence-corrected chi connectivity index (χ3v) is 3.76. The number of piperidine rings is 1. The summed E-state index contributed by atoms with van der Waals surface area (Å²) in [6.07, 6.45) is 3.23. The third kappa shape index (κ3) is 2.89. The summed E-state index contributed by atoms with van der Waals surface area (Å²) in [6.45, 7) is 7.42. The number of nitrogens with one attached hydrogen (secondary N) is 1. The molecular formula is C12H23ClN2O. The third-order valence-electron chi connectivity index (χ3n) is 3.76. The van der Waals surface area contributed by atoms with E-state index in [2.05, 4.69) is 24.1 Å². The van der Waals surface area contributed by atoms with E-state index in [4.69, 9.17) is 0 Å². The minimum Gasteiger partial charge on any atom is -0.339 e. The monoisotopic (exact) mass is 246 g/mol. The van der Waals surface area contributed by atoms with E-state index in [-0.39, 0.29) is 12.4 Å². The van der Waals surface area contributed by atoms with Gasteiger partial charge < -0.3 is 10.2 Å². The first-order valence-electron chi connectivity index (χ1n) is 6.19. The van der Waals surface area contributed by atoms with Crippen LogP contribution in [0.5, 0.6) is 0 Å². The quantitative estimate of drug-likeness (QED) is 0.763. The minimum atomic E-state index is 0. The largest absolute Gasteiger partial charge is 0.339 e. The van der Waals surface area contributed by atoms with Crippen molar-refractivity contribution in [3.05, 3.63) is 0 Å². The molecule has 2 fully saturated rings. The van der Waals surface area contributed by atoms with Gasteiger partial charge in [0, 0.05) is 18.5 Å². The molecule has 0 aromatic carbocycles. The van der Waals surface area contributed by atoms with Gasteiger partial charge in [-0.25, -0.2) is 0 Å². The predicted octanol–water partition coefficient (Wildman–Crippen LogP) is 1.66.